The topological polar surface area (TPSA) is 78.2 Å². The normalized spacial score (nSPS) is 13.5. The first-order valence-electron chi connectivity index (χ1n) is 11.8. The average molecular weight is 531 g/mol. The molecular formula is C27H26F4N4O3. The molecule has 0 aliphatic rings. The van der Waals surface area contributed by atoms with Gasteiger partial charge in [0.2, 0.25) is 5.56 Å². The highest BCUT2D eigenvalue weighted by Gasteiger charge is 2.38. The number of aryl methyl sites for hydroxylation is 1. The minimum atomic E-state index is -3.67. The van der Waals surface area contributed by atoms with E-state index in [1.54, 1.807) is 62.2 Å². The van der Waals surface area contributed by atoms with E-state index >= 15 is 0 Å². The summed E-state index contributed by atoms with van der Waals surface area (Å²) < 4.78 is 64.9. The fourth-order valence-corrected chi connectivity index (χ4v) is 4.10. The van der Waals surface area contributed by atoms with Crippen LogP contribution < -0.4 is 15.6 Å². The highest BCUT2D eigenvalue weighted by atomic mass is 19.3. The number of halogens is 4. The second-order valence-electron chi connectivity index (χ2n) is 9.49. The van der Waals surface area contributed by atoms with E-state index in [4.69, 9.17) is 4.74 Å². The molecule has 0 radical (unpaired) electrons. The molecular weight excluding hydrogens is 504 g/mol. The smallest absolute Gasteiger partial charge is 0.321 e. The number of nitrogens with one attached hydrogen (secondary N) is 1. The lowest BCUT2D eigenvalue weighted by atomic mass is 9.92. The molecule has 0 aliphatic heterocycles. The van der Waals surface area contributed by atoms with E-state index in [0.29, 0.717) is 29.6 Å². The maximum absolute atomic E-state index is 14.1. The number of fused-ring (bicyclic) bond motifs is 1. The van der Waals surface area contributed by atoms with Gasteiger partial charge in [0.15, 0.2) is 0 Å². The van der Waals surface area contributed by atoms with Crippen LogP contribution in [-0.4, -0.2) is 32.2 Å². The van der Waals surface area contributed by atoms with Gasteiger partial charge in [-0.15, -0.1) is 0 Å². The Balaban J connectivity index is 1.74. The second-order valence-corrected chi connectivity index (χ2v) is 9.49. The Bertz CT molecular complexity index is 1520. The average Bonchev–Trinajstić information content (AvgIpc) is 3.24. The summed E-state index contributed by atoms with van der Waals surface area (Å²) in [5, 5.41) is 7.30. The Kier molecular flexibility index (Phi) is 7.30. The van der Waals surface area contributed by atoms with Gasteiger partial charge in [0.1, 0.15) is 23.5 Å². The lowest BCUT2D eigenvalue weighted by Gasteiger charge is -2.32. The molecule has 2 aromatic heterocycles. The molecule has 0 spiro atoms. The Morgan fingerprint density at radius 3 is 2.34 bits per heavy atom. The molecule has 4 aromatic rings. The number of amides is 1. The predicted octanol–water partition coefficient (Wildman–Crippen LogP) is 4.92. The van der Waals surface area contributed by atoms with E-state index in [0.717, 1.165) is 12.1 Å². The maximum atomic E-state index is 14.1. The van der Waals surface area contributed by atoms with E-state index < -0.39 is 41.5 Å². The number of aromatic nitrogens is 3. The number of carbonyl (C=O) groups excluding carboxylic acids is 1. The third-order valence-corrected chi connectivity index (χ3v) is 6.07. The van der Waals surface area contributed by atoms with Gasteiger partial charge >= 0.3 is 5.92 Å². The van der Waals surface area contributed by atoms with Crippen LogP contribution in [0.4, 0.5) is 17.6 Å². The largest absolute Gasteiger partial charge is 0.484 e. The number of pyridine rings is 1. The highest BCUT2D eigenvalue weighted by molar-refractivity contribution is 5.83. The van der Waals surface area contributed by atoms with Crippen molar-refractivity contribution in [2.45, 2.75) is 38.8 Å². The van der Waals surface area contributed by atoms with Crippen molar-refractivity contribution in [2.24, 2.45) is 13.0 Å². The number of hydrogen-bond donors (Lipinski definition) is 1. The van der Waals surface area contributed by atoms with E-state index in [2.05, 4.69) is 10.4 Å². The second kappa shape index (κ2) is 10.3. The van der Waals surface area contributed by atoms with Crippen molar-refractivity contribution in [3.63, 3.8) is 0 Å². The standard InChI is InChI=1S/C27H26F4N4O3/c1-15(2)24(33-26(37)27(3,30)31)25(16-9-18(28)12-19(29)10-16)38-21-6-7-22-17(11-21)13-32-35(22)20-5-8-23(36)34(4)14-20/h5-15,24-25H,1-4H3,(H,33,37). The SMILES string of the molecule is CC(C)C(NC(=O)C(C)(F)F)C(Oc1ccc2c(cnn2-c2ccc(=O)n(C)c2)c1)c1cc(F)cc(F)c1. The molecule has 2 aromatic carbocycles. The van der Waals surface area contributed by atoms with Gasteiger partial charge in [-0.05, 0) is 42.3 Å². The fraction of sp³-hybridized carbons (Fsp3) is 0.296. The minimum absolute atomic E-state index is 0.0296. The van der Waals surface area contributed by atoms with Crippen LogP contribution in [0.3, 0.4) is 0 Å². The van der Waals surface area contributed by atoms with Crippen LogP contribution >= 0.6 is 0 Å². The predicted molar refractivity (Wildman–Crippen MR) is 133 cm³/mol. The van der Waals surface area contributed by atoms with Gasteiger partial charge in [-0.1, -0.05) is 13.8 Å². The van der Waals surface area contributed by atoms with E-state index in [1.807, 2.05) is 0 Å². The molecule has 2 unspecified atom stereocenters. The van der Waals surface area contributed by atoms with Crippen molar-refractivity contribution in [2.75, 3.05) is 0 Å². The van der Waals surface area contributed by atoms with Crippen molar-refractivity contribution in [1.29, 1.82) is 0 Å². The lowest BCUT2D eigenvalue weighted by Crippen LogP contribution is -2.49. The number of nitrogens with zero attached hydrogens (tertiary/aromatic N) is 3. The first kappa shape index (κ1) is 26.9. The molecule has 0 saturated carbocycles. The third kappa shape index (κ3) is 5.71. The summed E-state index contributed by atoms with van der Waals surface area (Å²) in [6.07, 6.45) is 2.00. The van der Waals surface area contributed by atoms with Crippen LogP contribution in [0.25, 0.3) is 16.6 Å². The van der Waals surface area contributed by atoms with Crippen LogP contribution in [0.2, 0.25) is 0 Å². The van der Waals surface area contributed by atoms with E-state index in [9.17, 15) is 27.2 Å². The van der Waals surface area contributed by atoms with Gasteiger partial charge in [0.05, 0.1) is 23.4 Å². The van der Waals surface area contributed by atoms with Crippen molar-refractivity contribution in [1.82, 2.24) is 19.7 Å². The monoisotopic (exact) mass is 530 g/mol. The maximum Gasteiger partial charge on any atom is 0.321 e. The Morgan fingerprint density at radius 2 is 1.74 bits per heavy atom. The molecule has 0 fully saturated rings. The Hall–Kier alpha value is -4.15. The van der Waals surface area contributed by atoms with Crippen LogP contribution in [0, 0.1) is 17.6 Å². The molecule has 2 atom stereocenters. The van der Waals surface area contributed by atoms with Crippen molar-refractivity contribution in [3.8, 4) is 11.4 Å². The molecule has 4 rings (SSSR count). The van der Waals surface area contributed by atoms with Gasteiger partial charge < -0.3 is 14.6 Å². The number of carbonyl (C=O) groups is 1. The molecule has 0 aliphatic carbocycles. The number of ether oxygens (including phenoxy) is 1. The van der Waals surface area contributed by atoms with Gasteiger partial charge in [0.25, 0.3) is 5.91 Å². The quantitative estimate of drug-likeness (QED) is 0.328. The summed E-state index contributed by atoms with van der Waals surface area (Å²) >= 11 is 0. The minimum Gasteiger partial charge on any atom is -0.484 e. The summed E-state index contributed by atoms with van der Waals surface area (Å²) in [4.78, 5) is 23.9. The summed E-state index contributed by atoms with van der Waals surface area (Å²) in [6, 6.07) is 9.69. The zero-order valence-corrected chi connectivity index (χ0v) is 21.1. The van der Waals surface area contributed by atoms with Gasteiger partial charge in [-0.2, -0.15) is 13.9 Å². The molecule has 200 valence electrons. The molecule has 38 heavy (non-hydrogen) atoms. The zero-order valence-electron chi connectivity index (χ0n) is 21.1. The van der Waals surface area contributed by atoms with Gasteiger partial charge in [0, 0.05) is 43.3 Å². The molecule has 1 N–H and O–H groups in total. The number of benzene rings is 2. The molecule has 0 bridgehead atoms. The summed E-state index contributed by atoms with van der Waals surface area (Å²) in [5.74, 6) is -7.14. The van der Waals surface area contributed by atoms with Crippen LogP contribution in [0.1, 0.15) is 32.4 Å². The Morgan fingerprint density at radius 1 is 1.05 bits per heavy atom. The summed E-state index contributed by atoms with van der Waals surface area (Å²) in [7, 11) is 1.62. The number of alkyl halides is 2. The van der Waals surface area contributed by atoms with Gasteiger partial charge in [-0.25, -0.2) is 13.5 Å². The first-order chi connectivity index (χ1) is 17.8. The third-order valence-electron chi connectivity index (χ3n) is 6.07. The lowest BCUT2D eigenvalue weighted by molar-refractivity contribution is -0.145. The van der Waals surface area contributed by atoms with Crippen molar-refractivity contribution in [3.05, 3.63) is 88.5 Å². The van der Waals surface area contributed by atoms with Gasteiger partial charge in [-0.3, -0.25) is 9.59 Å². The molecule has 11 heteroatoms. The Labute approximate surface area is 215 Å². The number of rotatable bonds is 8. The summed E-state index contributed by atoms with van der Waals surface area (Å²) in [6.45, 7) is 3.81. The molecule has 2 heterocycles. The fourth-order valence-electron chi connectivity index (χ4n) is 4.10. The van der Waals surface area contributed by atoms with Crippen LogP contribution in [-0.2, 0) is 11.8 Å². The zero-order chi connectivity index (χ0) is 27.8. The van der Waals surface area contributed by atoms with Crippen molar-refractivity contribution >= 4 is 16.8 Å². The van der Waals surface area contributed by atoms with Crippen LogP contribution in [0.15, 0.2) is 65.7 Å². The molecule has 7 nitrogen and oxygen atoms in total. The molecule has 0 saturated heterocycles. The highest BCUT2D eigenvalue weighted by Crippen LogP contribution is 2.32. The number of hydrogen-bond acceptors (Lipinski definition) is 4. The first-order valence-corrected chi connectivity index (χ1v) is 11.8. The molecule has 1 amide bonds. The van der Waals surface area contributed by atoms with E-state index in [-0.39, 0.29) is 16.9 Å². The summed E-state index contributed by atoms with van der Waals surface area (Å²) in [5.41, 5.74) is 1.19. The van der Waals surface area contributed by atoms with Crippen LogP contribution in [0.5, 0.6) is 5.75 Å². The van der Waals surface area contributed by atoms with E-state index in [1.165, 1.54) is 10.6 Å². The van der Waals surface area contributed by atoms with Crippen molar-refractivity contribution < 1.29 is 27.1 Å².